The van der Waals surface area contributed by atoms with Crippen molar-refractivity contribution in [1.29, 1.82) is 0 Å². The number of carboxylic acids is 1. The zero-order valence-electron chi connectivity index (χ0n) is 18.6. The van der Waals surface area contributed by atoms with Gasteiger partial charge in [-0.05, 0) is 87.4 Å². The van der Waals surface area contributed by atoms with Gasteiger partial charge in [-0.3, -0.25) is 4.79 Å². The van der Waals surface area contributed by atoms with Gasteiger partial charge in [0.25, 0.3) is 0 Å². The minimum Gasteiger partial charge on any atom is -0.481 e. The fourth-order valence-electron chi connectivity index (χ4n) is 8.24. The molecule has 0 heterocycles. The molecule has 0 aromatic rings. The Bertz CT molecular complexity index is 666. The number of aliphatic hydroxyl groups is 1. The summed E-state index contributed by atoms with van der Waals surface area (Å²) < 4.78 is 5.60. The molecule has 0 spiro atoms. The monoisotopic (exact) mass is 421 g/mol. The zero-order valence-corrected chi connectivity index (χ0v) is 18.6. The predicted octanol–water partition coefficient (Wildman–Crippen LogP) is 4.21. The average Bonchev–Trinajstić information content (AvgIpc) is 3.10. The molecule has 3 unspecified atom stereocenters. The van der Waals surface area contributed by atoms with Gasteiger partial charge < -0.3 is 20.3 Å². The van der Waals surface area contributed by atoms with Crippen LogP contribution in [0.25, 0.3) is 0 Å². The fraction of sp³-hybridized carbons (Fsp3) is 0.917. The van der Waals surface area contributed by atoms with Crippen LogP contribution in [0, 0.1) is 40.4 Å². The summed E-state index contributed by atoms with van der Waals surface area (Å²) in [5.74, 6) is 1.25. The van der Waals surface area contributed by atoms with Crippen molar-refractivity contribution in [2.24, 2.45) is 40.4 Å². The van der Waals surface area contributed by atoms with E-state index >= 15 is 0 Å². The fourth-order valence-corrected chi connectivity index (χ4v) is 8.24. The van der Waals surface area contributed by atoms with Crippen LogP contribution in [0.5, 0.6) is 0 Å². The van der Waals surface area contributed by atoms with Crippen LogP contribution in [0.2, 0.25) is 0 Å². The first-order chi connectivity index (χ1) is 14.3. The molecule has 8 atom stereocenters. The Balaban J connectivity index is 1.54. The van der Waals surface area contributed by atoms with E-state index in [1.807, 2.05) is 0 Å². The van der Waals surface area contributed by atoms with Crippen LogP contribution in [0.4, 0.5) is 4.79 Å². The predicted molar refractivity (Wildman–Crippen MR) is 113 cm³/mol. The summed E-state index contributed by atoms with van der Waals surface area (Å²) in [5, 5.41) is 22.0. The van der Waals surface area contributed by atoms with Crippen molar-refractivity contribution in [2.45, 2.75) is 84.2 Å². The molecule has 170 valence electrons. The molecule has 4 rings (SSSR count). The van der Waals surface area contributed by atoms with Gasteiger partial charge in [0, 0.05) is 12.0 Å². The first kappa shape index (κ1) is 21.9. The molecule has 4 aliphatic rings. The smallest absolute Gasteiger partial charge is 0.407 e. The molecule has 0 aromatic carbocycles. The molecule has 1 amide bonds. The van der Waals surface area contributed by atoms with E-state index in [1.165, 1.54) is 38.5 Å². The third-order valence-electron chi connectivity index (χ3n) is 9.61. The lowest BCUT2D eigenvalue weighted by Crippen LogP contribution is -2.55. The Labute approximate surface area is 180 Å². The van der Waals surface area contributed by atoms with Crippen molar-refractivity contribution < 1.29 is 24.5 Å². The number of carbonyl (C=O) groups is 2. The van der Waals surface area contributed by atoms with E-state index in [4.69, 9.17) is 4.74 Å². The SMILES string of the molecule is CC(O)CNC(=O)OC[C@]12CC[C@H]3[C@@H](CCC4CCCC[C@@]43C)[C@@H]1CCC2C(=O)O. The number of ether oxygens (including phenoxy) is 1. The second kappa shape index (κ2) is 8.33. The molecule has 0 radical (unpaired) electrons. The summed E-state index contributed by atoms with van der Waals surface area (Å²) in [6, 6.07) is 0. The first-order valence-corrected chi connectivity index (χ1v) is 12.1. The lowest BCUT2D eigenvalue weighted by atomic mass is 9.44. The summed E-state index contributed by atoms with van der Waals surface area (Å²) in [5.41, 5.74) is -0.0306. The van der Waals surface area contributed by atoms with Crippen molar-refractivity contribution in [3.63, 3.8) is 0 Å². The third kappa shape index (κ3) is 3.63. The summed E-state index contributed by atoms with van der Waals surface area (Å²) in [7, 11) is 0. The van der Waals surface area contributed by atoms with Crippen molar-refractivity contribution >= 4 is 12.1 Å². The highest BCUT2D eigenvalue weighted by Crippen LogP contribution is 2.67. The number of carbonyl (C=O) groups excluding carboxylic acids is 1. The number of rotatable bonds is 5. The van der Waals surface area contributed by atoms with Gasteiger partial charge in [-0.25, -0.2) is 4.79 Å². The number of carboxylic acid groups (broad SMARTS) is 1. The van der Waals surface area contributed by atoms with E-state index in [-0.39, 0.29) is 13.2 Å². The van der Waals surface area contributed by atoms with Gasteiger partial charge in [0.2, 0.25) is 0 Å². The molecule has 0 bridgehead atoms. The topological polar surface area (TPSA) is 95.9 Å². The van der Waals surface area contributed by atoms with Crippen molar-refractivity contribution in [3.05, 3.63) is 0 Å². The molecule has 4 aliphatic carbocycles. The third-order valence-corrected chi connectivity index (χ3v) is 9.61. The van der Waals surface area contributed by atoms with E-state index in [0.29, 0.717) is 29.6 Å². The molecule has 0 aromatic heterocycles. The van der Waals surface area contributed by atoms with Gasteiger partial charge in [0.15, 0.2) is 0 Å². The summed E-state index contributed by atoms with van der Waals surface area (Å²) in [6.07, 6.45) is 10.2. The number of amides is 1. The Morgan fingerprint density at radius 2 is 1.87 bits per heavy atom. The summed E-state index contributed by atoms with van der Waals surface area (Å²) in [4.78, 5) is 24.4. The molecule has 6 heteroatoms. The van der Waals surface area contributed by atoms with E-state index < -0.39 is 29.5 Å². The first-order valence-electron chi connectivity index (χ1n) is 12.1. The Hall–Kier alpha value is -1.30. The van der Waals surface area contributed by atoms with Crippen LogP contribution < -0.4 is 5.32 Å². The molecule has 0 aliphatic heterocycles. The molecule has 4 fully saturated rings. The normalized spacial score (nSPS) is 43.6. The Kier molecular flexibility index (Phi) is 6.08. The maximum atomic E-state index is 12.2. The van der Waals surface area contributed by atoms with E-state index in [2.05, 4.69) is 12.2 Å². The van der Waals surface area contributed by atoms with Crippen molar-refractivity contribution in [3.8, 4) is 0 Å². The maximum Gasteiger partial charge on any atom is 0.407 e. The minimum atomic E-state index is -0.735. The number of aliphatic hydroxyl groups excluding tert-OH is 1. The van der Waals surface area contributed by atoms with E-state index in [9.17, 15) is 19.8 Å². The van der Waals surface area contributed by atoms with Crippen LogP contribution in [0.1, 0.15) is 78.1 Å². The number of nitrogens with one attached hydrogen (secondary N) is 1. The maximum absolute atomic E-state index is 12.2. The van der Waals surface area contributed by atoms with Gasteiger partial charge >= 0.3 is 12.1 Å². The van der Waals surface area contributed by atoms with Gasteiger partial charge in [0.05, 0.1) is 18.6 Å². The Morgan fingerprint density at radius 3 is 2.60 bits per heavy atom. The van der Waals surface area contributed by atoms with Crippen molar-refractivity contribution in [1.82, 2.24) is 5.32 Å². The minimum absolute atomic E-state index is 0.141. The van der Waals surface area contributed by atoms with Crippen LogP contribution in [0.15, 0.2) is 0 Å². The number of fused-ring (bicyclic) bond motifs is 5. The van der Waals surface area contributed by atoms with Crippen LogP contribution in [-0.2, 0) is 9.53 Å². The van der Waals surface area contributed by atoms with Crippen LogP contribution in [-0.4, -0.2) is 41.5 Å². The van der Waals surface area contributed by atoms with Crippen LogP contribution in [0.3, 0.4) is 0 Å². The Morgan fingerprint density at radius 1 is 1.07 bits per heavy atom. The van der Waals surface area contributed by atoms with Crippen molar-refractivity contribution in [2.75, 3.05) is 13.2 Å². The molecule has 6 nitrogen and oxygen atoms in total. The quantitative estimate of drug-likeness (QED) is 0.618. The molecule has 3 N–H and O–H groups in total. The van der Waals surface area contributed by atoms with E-state index in [0.717, 1.165) is 25.2 Å². The van der Waals surface area contributed by atoms with Crippen LogP contribution >= 0.6 is 0 Å². The molecule has 4 saturated carbocycles. The highest BCUT2D eigenvalue weighted by molar-refractivity contribution is 5.72. The zero-order chi connectivity index (χ0) is 21.5. The summed E-state index contributed by atoms with van der Waals surface area (Å²) in [6.45, 7) is 4.45. The lowest BCUT2D eigenvalue weighted by molar-refractivity contribution is -0.158. The number of hydrogen-bond donors (Lipinski definition) is 3. The van der Waals surface area contributed by atoms with Gasteiger partial charge in [-0.1, -0.05) is 19.8 Å². The molecular weight excluding hydrogens is 382 g/mol. The van der Waals surface area contributed by atoms with E-state index in [1.54, 1.807) is 6.92 Å². The molecule has 0 saturated heterocycles. The molecule has 30 heavy (non-hydrogen) atoms. The standard InChI is InChI=1S/C24H39NO5/c1-15(26)13-25-22(29)30-14-24-12-10-18-17(19(24)8-9-20(24)21(27)28)7-6-16-5-3-4-11-23(16,18)2/h15-20,26H,3-14H2,1-2H3,(H,25,29)(H,27,28)/t15?,16?,17-,18+,19+,20?,23+,24-/m1/s1. The van der Waals surface area contributed by atoms with Gasteiger partial charge in [-0.2, -0.15) is 0 Å². The second-order valence-electron chi connectivity index (χ2n) is 10.9. The number of hydrogen-bond acceptors (Lipinski definition) is 4. The molecular formula is C24H39NO5. The summed E-state index contributed by atoms with van der Waals surface area (Å²) >= 11 is 0. The lowest BCUT2D eigenvalue weighted by Gasteiger charge is -2.60. The number of aliphatic carboxylic acids is 1. The van der Waals surface area contributed by atoms with Gasteiger partial charge in [-0.15, -0.1) is 0 Å². The highest BCUT2D eigenvalue weighted by Gasteiger charge is 2.63. The second-order valence-corrected chi connectivity index (χ2v) is 10.9. The largest absolute Gasteiger partial charge is 0.481 e. The average molecular weight is 422 g/mol. The van der Waals surface area contributed by atoms with Gasteiger partial charge in [0.1, 0.15) is 0 Å². The highest BCUT2D eigenvalue weighted by atomic mass is 16.5. The number of alkyl carbamates (subject to hydrolysis) is 1.